The van der Waals surface area contributed by atoms with Gasteiger partial charge in [0.1, 0.15) is 0 Å². The predicted molar refractivity (Wildman–Crippen MR) is 38.5 cm³/mol. The third kappa shape index (κ3) is 3.70. The first-order chi connectivity index (χ1) is 5.55. The van der Waals surface area contributed by atoms with Crippen molar-refractivity contribution in [2.24, 2.45) is 0 Å². The summed E-state index contributed by atoms with van der Waals surface area (Å²) in [5.74, 6) is 0. The molecule has 1 heterocycles. The van der Waals surface area contributed by atoms with Gasteiger partial charge in [0.05, 0.1) is 0 Å². The van der Waals surface area contributed by atoms with E-state index in [4.69, 9.17) is 5.26 Å². The monoisotopic (exact) mass is 230 g/mol. The molecule has 0 aliphatic rings. The van der Waals surface area contributed by atoms with Gasteiger partial charge in [0.2, 0.25) is 0 Å². The van der Waals surface area contributed by atoms with Crippen LogP contribution in [0.3, 0.4) is 0 Å². The normalized spacial score (nSPS) is 9.29. The van der Waals surface area contributed by atoms with Crippen LogP contribution in [0.1, 0.15) is 11.1 Å². The van der Waals surface area contributed by atoms with Gasteiger partial charge < -0.3 is 17.4 Å². The molecule has 0 unspecified atom stereocenters. The van der Waals surface area contributed by atoms with Crippen molar-refractivity contribution in [3.8, 4) is 6.07 Å². The molecule has 0 radical (unpaired) electrons. The average Bonchev–Trinajstić information content (AvgIpc) is 2.03. The summed E-state index contributed by atoms with van der Waals surface area (Å²) >= 11 is 0. The quantitative estimate of drug-likeness (QED) is 0.398. The van der Waals surface area contributed by atoms with Crippen molar-refractivity contribution in [3.05, 3.63) is 29.6 Å². The molecule has 0 saturated carbocycles. The molecular formula is C7H2ClF3MgN2. The fourth-order valence-corrected chi connectivity index (χ4v) is 0.669. The summed E-state index contributed by atoms with van der Waals surface area (Å²) in [4.78, 5) is 3.16. The van der Waals surface area contributed by atoms with Gasteiger partial charge in [-0.1, -0.05) is 12.4 Å². The van der Waals surface area contributed by atoms with E-state index in [1.54, 1.807) is 0 Å². The number of rotatable bonds is 0. The molecule has 1 aromatic heterocycles. The van der Waals surface area contributed by atoms with Crippen molar-refractivity contribution in [3.63, 3.8) is 0 Å². The zero-order valence-corrected chi connectivity index (χ0v) is 8.94. The van der Waals surface area contributed by atoms with E-state index in [1.807, 2.05) is 0 Å². The SMILES string of the molecule is N#Cc1c[c-]ncc1C(F)(F)F.[Cl-].[Mg+2]. The number of hydrogen-bond acceptors (Lipinski definition) is 2. The van der Waals surface area contributed by atoms with E-state index >= 15 is 0 Å². The first-order valence-electron chi connectivity index (χ1n) is 2.89. The molecule has 0 spiro atoms. The molecule has 0 N–H and O–H groups in total. The van der Waals surface area contributed by atoms with Crippen LogP contribution >= 0.6 is 0 Å². The molecular weight excluding hydrogens is 229 g/mol. The first kappa shape index (κ1) is 15.9. The first-order valence-corrected chi connectivity index (χ1v) is 2.89. The minimum Gasteiger partial charge on any atom is -1.00 e. The second kappa shape index (κ2) is 6.06. The summed E-state index contributed by atoms with van der Waals surface area (Å²) in [6.07, 6.45) is -1.79. The second-order valence-electron chi connectivity index (χ2n) is 1.97. The van der Waals surface area contributed by atoms with Gasteiger partial charge in [-0.3, -0.25) is 0 Å². The van der Waals surface area contributed by atoms with Crippen LogP contribution in [0.5, 0.6) is 0 Å². The number of nitriles is 1. The molecule has 14 heavy (non-hydrogen) atoms. The minimum absolute atomic E-state index is 0. The maximum Gasteiger partial charge on any atom is 2.00 e. The summed E-state index contributed by atoms with van der Waals surface area (Å²) in [5.41, 5.74) is -1.48. The Balaban J connectivity index is 0. The molecule has 0 amide bonds. The second-order valence-corrected chi connectivity index (χ2v) is 1.97. The van der Waals surface area contributed by atoms with Crippen LogP contribution in [-0.4, -0.2) is 28.0 Å². The van der Waals surface area contributed by atoms with Crippen LogP contribution in [0.15, 0.2) is 12.3 Å². The van der Waals surface area contributed by atoms with Crippen molar-refractivity contribution in [2.75, 3.05) is 0 Å². The largest absolute Gasteiger partial charge is 2.00 e. The van der Waals surface area contributed by atoms with Gasteiger partial charge in [-0.05, 0) is 11.1 Å². The van der Waals surface area contributed by atoms with Gasteiger partial charge in [0.25, 0.3) is 0 Å². The Bertz CT molecular complexity index is 334. The Labute approximate surface area is 101 Å². The fraction of sp³-hybridized carbons (Fsp3) is 0.143. The summed E-state index contributed by atoms with van der Waals surface area (Å²) in [6, 6.07) is 2.32. The Kier molecular flexibility index (Phi) is 6.90. The van der Waals surface area contributed by atoms with Crippen LogP contribution in [-0.2, 0) is 6.18 Å². The third-order valence-corrected chi connectivity index (χ3v) is 1.19. The van der Waals surface area contributed by atoms with E-state index in [2.05, 4.69) is 11.2 Å². The van der Waals surface area contributed by atoms with E-state index in [1.165, 1.54) is 6.07 Å². The predicted octanol–water partition coefficient (Wildman–Crippen LogP) is -1.60. The van der Waals surface area contributed by atoms with Crippen molar-refractivity contribution >= 4 is 23.1 Å². The average molecular weight is 231 g/mol. The molecule has 0 aliphatic carbocycles. The molecule has 1 rings (SSSR count). The number of hydrogen-bond donors (Lipinski definition) is 0. The molecule has 7 heteroatoms. The van der Waals surface area contributed by atoms with Crippen molar-refractivity contribution < 1.29 is 25.6 Å². The van der Waals surface area contributed by atoms with Gasteiger partial charge in [-0.2, -0.15) is 13.2 Å². The molecule has 0 aromatic carbocycles. The van der Waals surface area contributed by atoms with E-state index in [0.717, 1.165) is 6.07 Å². The Morgan fingerprint density at radius 3 is 2.36 bits per heavy atom. The van der Waals surface area contributed by atoms with E-state index in [0.29, 0.717) is 6.20 Å². The number of aromatic nitrogens is 1. The van der Waals surface area contributed by atoms with Crippen molar-refractivity contribution in [1.82, 2.24) is 4.98 Å². The van der Waals surface area contributed by atoms with E-state index in [-0.39, 0.29) is 35.5 Å². The summed E-state index contributed by atoms with van der Waals surface area (Å²) in [6.45, 7) is 0. The number of pyridine rings is 1. The maximum atomic E-state index is 12.0. The molecule has 2 nitrogen and oxygen atoms in total. The molecule has 0 atom stereocenters. The minimum atomic E-state index is -4.52. The van der Waals surface area contributed by atoms with Crippen molar-refractivity contribution in [1.29, 1.82) is 5.26 Å². The van der Waals surface area contributed by atoms with Crippen LogP contribution in [0, 0.1) is 17.5 Å². The number of nitrogens with zero attached hydrogens (tertiary/aromatic N) is 2. The fourth-order valence-electron chi connectivity index (χ4n) is 0.669. The summed E-state index contributed by atoms with van der Waals surface area (Å²) < 4.78 is 36.1. The molecule has 70 valence electrons. The van der Waals surface area contributed by atoms with Crippen LogP contribution in [0.4, 0.5) is 13.2 Å². The standard InChI is InChI=1S/C7H2F3N2.ClH.Mg/c8-7(9,10)6-4-12-2-1-5(6)3-11;;/h1,4H;1H;/q-1;;+2/p-1. The van der Waals surface area contributed by atoms with Gasteiger partial charge in [-0.15, -0.1) is 6.07 Å². The third-order valence-electron chi connectivity index (χ3n) is 1.19. The zero-order chi connectivity index (χ0) is 9.19. The summed E-state index contributed by atoms with van der Waals surface area (Å²) in [5, 5.41) is 8.28. The van der Waals surface area contributed by atoms with Crippen molar-refractivity contribution in [2.45, 2.75) is 6.18 Å². The Morgan fingerprint density at radius 2 is 2.00 bits per heavy atom. The van der Waals surface area contributed by atoms with E-state index < -0.39 is 17.3 Å². The molecule has 0 bridgehead atoms. The van der Waals surface area contributed by atoms with Gasteiger partial charge in [-0.25, -0.2) is 5.26 Å². The van der Waals surface area contributed by atoms with Crippen LogP contribution in [0.25, 0.3) is 0 Å². The Morgan fingerprint density at radius 1 is 1.43 bits per heavy atom. The van der Waals surface area contributed by atoms with Crippen LogP contribution in [0.2, 0.25) is 0 Å². The smallest absolute Gasteiger partial charge is 1.00 e. The summed E-state index contributed by atoms with van der Waals surface area (Å²) in [7, 11) is 0. The molecule has 0 aliphatic heterocycles. The van der Waals surface area contributed by atoms with Gasteiger partial charge in [0, 0.05) is 6.07 Å². The van der Waals surface area contributed by atoms with Crippen LogP contribution < -0.4 is 12.4 Å². The number of alkyl halides is 3. The Hall–Kier alpha value is -0.514. The molecule has 1 aromatic rings. The zero-order valence-electron chi connectivity index (χ0n) is 6.77. The molecule has 0 saturated heterocycles. The molecule has 0 fully saturated rings. The number of halogens is 4. The van der Waals surface area contributed by atoms with Gasteiger partial charge >= 0.3 is 29.2 Å². The van der Waals surface area contributed by atoms with Gasteiger partial charge in [0.15, 0.2) is 0 Å². The maximum absolute atomic E-state index is 12.0. The topological polar surface area (TPSA) is 36.7 Å². The van der Waals surface area contributed by atoms with E-state index in [9.17, 15) is 13.2 Å².